The van der Waals surface area contributed by atoms with Gasteiger partial charge in [0.2, 0.25) is 0 Å². The Hall–Kier alpha value is -0.130. The molecule has 0 saturated heterocycles. The highest BCUT2D eigenvalue weighted by Crippen LogP contribution is 1.97. The monoisotopic (exact) mass is 180 g/mol. The normalized spacial score (nSPS) is 12.4. The van der Waals surface area contributed by atoms with Crippen molar-refractivity contribution < 1.29 is 8.42 Å². The van der Waals surface area contributed by atoms with Crippen LogP contribution in [0.3, 0.4) is 0 Å². The van der Waals surface area contributed by atoms with Gasteiger partial charge in [0.15, 0.2) is 0 Å². The number of nitrogens with zero attached hydrogens (tertiary/aromatic N) is 1. The zero-order chi connectivity index (χ0) is 8.91. The standard InChI is InChI=1S/C6H16N2O2S/c1-3-5-6-8(4-2)11(7,9)10/h3-6H2,1-2H3,(H2,7,9,10). The molecule has 0 saturated carbocycles. The molecule has 4 nitrogen and oxygen atoms in total. The van der Waals surface area contributed by atoms with E-state index in [0.29, 0.717) is 13.1 Å². The Morgan fingerprint density at radius 2 is 1.91 bits per heavy atom. The molecule has 2 N–H and O–H groups in total. The van der Waals surface area contributed by atoms with Crippen molar-refractivity contribution in [1.82, 2.24) is 4.31 Å². The lowest BCUT2D eigenvalue weighted by molar-refractivity contribution is 0.420. The lowest BCUT2D eigenvalue weighted by Crippen LogP contribution is -2.37. The molecule has 0 atom stereocenters. The van der Waals surface area contributed by atoms with E-state index in [2.05, 4.69) is 0 Å². The first-order valence-electron chi connectivity index (χ1n) is 3.80. The third kappa shape index (κ3) is 4.34. The highest BCUT2D eigenvalue weighted by Gasteiger charge is 2.12. The first-order chi connectivity index (χ1) is 5.02. The topological polar surface area (TPSA) is 63.4 Å². The Morgan fingerprint density at radius 1 is 1.36 bits per heavy atom. The van der Waals surface area contributed by atoms with Gasteiger partial charge in [-0.15, -0.1) is 0 Å². The number of rotatable bonds is 5. The van der Waals surface area contributed by atoms with Gasteiger partial charge in [-0.3, -0.25) is 0 Å². The van der Waals surface area contributed by atoms with Gasteiger partial charge >= 0.3 is 0 Å². The van der Waals surface area contributed by atoms with Crippen molar-refractivity contribution in [1.29, 1.82) is 0 Å². The molecular weight excluding hydrogens is 164 g/mol. The van der Waals surface area contributed by atoms with Crippen molar-refractivity contribution in [3.63, 3.8) is 0 Å². The van der Waals surface area contributed by atoms with E-state index in [1.54, 1.807) is 6.92 Å². The van der Waals surface area contributed by atoms with Crippen molar-refractivity contribution in [3.8, 4) is 0 Å². The van der Waals surface area contributed by atoms with Gasteiger partial charge in [0.05, 0.1) is 0 Å². The number of hydrogen-bond acceptors (Lipinski definition) is 2. The fourth-order valence-electron chi connectivity index (χ4n) is 0.800. The Balaban J connectivity index is 3.97. The fraction of sp³-hybridized carbons (Fsp3) is 1.00. The Bertz CT molecular complexity index is 189. The largest absolute Gasteiger partial charge is 0.276 e. The average Bonchev–Trinajstić information content (AvgIpc) is 1.87. The van der Waals surface area contributed by atoms with Crippen molar-refractivity contribution >= 4 is 10.2 Å². The van der Waals surface area contributed by atoms with E-state index in [1.165, 1.54) is 4.31 Å². The molecule has 0 heterocycles. The molecule has 0 amide bonds. The minimum Gasteiger partial charge on any atom is -0.216 e. The Kier molecular flexibility index (Phi) is 4.63. The smallest absolute Gasteiger partial charge is 0.216 e. The van der Waals surface area contributed by atoms with Crippen LogP contribution in [0, 0.1) is 0 Å². The summed E-state index contributed by atoms with van der Waals surface area (Å²) in [4.78, 5) is 0. The molecule has 0 rings (SSSR count). The molecule has 0 spiro atoms. The van der Waals surface area contributed by atoms with Gasteiger partial charge < -0.3 is 0 Å². The van der Waals surface area contributed by atoms with E-state index in [9.17, 15) is 8.42 Å². The quantitative estimate of drug-likeness (QED) is 0.662. The second-order valence-electron chi connectivity index (χ2n) is 2.39. The molecule has 0 aliphatic rings. The fourth-order valence-corrected chi connectivity index (χ4v) is 1.54. The summed E-state index contributed by atoms with van der Waals surface area (Å²) in [5, 5.41) is 4.93. The van der Waals surface area contributed by atoms with E-state index in [-0.39, 0.29) is 0 Å². The summed E-state index contributed by atoms with van der Waals surface area (Å²) in [6, 6.07) is 0. The van der Waals surface area contributed by atoms with E-state index in [0.717, 1.165) is 12.8 Å². The molecule has 0 aromatic heterocycles. The summed E-state index contributed by atoms with van der Waals surface area (Å²) in [6.07, 6.45) is 1.84. The summed E-state index contributed by atoms with van der Waals surface area (Å²) in [5.41, 5.74) is 0. The lowest BCUT2D eigenvalue weighted by atomic mass is 10.3. The van der Waals surface area contributed by atoms with Gasteiger partial charge in [-0.2, -0.15) is 12.7 Å². The molecule has 0 unspecified atom stereocenters. The minimum atomic E-state index is -3.45. The minimum absolute atomic E-state index is 0.457. The number of hydrogen-bond donors (Lipinski definition) is 1. The van der Waals surface area contributed by atoms with Crippen LogP contribution in [0.1, 0.15) is 26.7 Å². The molecule has 0 aromatic rings. The first-order valence-corrected chi connectivity index (χ1v) is 5.30. The van der Waals surface area contributed by atoms with E-state index in [4.69, 9.17) is 5.14 Å². The number of nitrogens with two attached hydrogens (primary N) is 1. The zero-order valence-corrected chi connectivity index (χ0v) is 7.89. The molecule has 0 aromatic carbocycles. The summed E-state index contributed by atoms with van der Waals surface area (Å²) in [6.45, 7) is 4.78. The van der Waals surface area contributed by atoms with Gasteiger partial charge in [-0.1, -0.05) is 20.3 Å². The van der Waals surface area contributed by atoms with E-state index < -0.39 is 10.2 Å². The molecular formula is C6H16N2O2S. The summed E-state index contributed by atoms with van der Waals surface area (Å²) >= 11 is 0. The third-order valence-corrected chi connectivity index (χ3v) is 2.63. The highest BCUT2D eigenvalue weighted by molar-refractivity contribution is 7.86. The molecule has 5 heteroatoms. The SMILES string of the molecule is CCCCN(CC)S(N)(=O)=O. The molecule has 0 bridgehead atoms. The summed E-state index contributed by atoms with van der Waals surface area (Å²) in [5.74, 6) is 0. The number of unbranched alkanes of at least 4 members (excludes halogenated alkanes) is 1. The third-order valence-electron chi connectivity index (χ3n) is 1.47. The van der Waals surface area contributed by atoms with E-state index >= 15 is 0 Å². The molecule has 0 fully saturated rings. The van der Waals surface area contributed by atoms with Crippen LogP contribution in [-0.2, 0) is 10.2 Å². The predicted molar refractivity (Wildman–Crippen MR) is 45.3 cm³/mol. The van der Waals surface area contributed by atoms with Crippen molar-refractivity contribution in [2.75, 3.05) is 13.1 Å². The first kappa shape index (κ1) is 10.9. The zero-order valence-electron chi connectivity index (χ0n) is 7.08. The van der Waals surface area contributed by atoms with Crippen molar-refractivity contribution in [2.24, 2.45) is 5.14 Å². The average molecular weight is 180 g/mol. The maximum absolute atomic E-state index is 10.8. The molecule has 11 heavy (non-hydrogen) atoms. The summed E-state index contributed by atoms with van der Waals surface area (Å²) < 4.78 is 22.8. The lowest BCUT2D eigenvalue weighted by Gasteiger charge is -2.15. The van der Waals surface area contributed by atoms with Crippen LogP contribution in [0.15, 0.2) is 0 Å². The maximum Gasteiger partial charge on any atom is 0.276 e. The van der Waals surface area contributed by atoms with Gasteiger partial charge in [-0.05, 0) is 6.42 Å². The Morgan fingerprint density at radius 3 is 2.18 bits per heavy atom. The van der Waals surface area contributed by atoms with Gasteiger partial charge in [0, 0.05) is 13.1 Å². The highest BCUT2D eigenvalue weighted by atomic mass is 32.2. The van der Waals surface area contributed by atoms with Crippen molar-refractivity contribution in [3.05, 3.63) is 0 Å². The molecule has 68 valence electrons. The van der Waals surface area contributed by atoms with Crippen LogP contribution >= 0.6 is 0 Å². The van der Waals surface area contributed by atoms with Crippen LogP contribution in [0.25, 0.3) is 0 Å². The van der Waals surface area contributed by atoms with E-state index in [1.807, 2.05) is 6.92 Å². The molecule has 0 aliphatic carbocycles. The second kappa shape index (κ2) is 4.69. The van der Waals surface area contributed by atoms with Crippen LogP contribution in [-0.4, -0.2) is 25.8 Å². The molecule has 0 aliphatic heterocycles. The maximum atomic E-state index is 10.8. The van der Waals surface area contributed by atoms with Crippen LogP contribution < -0.4 is 5.14 Å². The van der Waals surface area contributed by atoms with Gasteiger partial charge in [0.25, 0.3) is 10.2 Å². The molecule has 0 radical (unpaired) electrons. The van der Waals surface area contributed by atoms with Crippen molar-refractivity contribution in [2.45, 2.75) is 26.7 Å². The van der Waals surface area contributed by atoms with Crippen LogP contribution in [0.4, 0.5) is 0 Å². The van der Waals surface area contributed by atoms with Gasteiger partial charge in [0.1, 0.15) is 0 Å². The Labute approximate surface area is 68.6 Å². The second-order valence-corrected chi connectivity index (χ2v) is 3.94. The van der Waals surface area contributed by atoms with Gasteiger partial charge in [-0.25, -0.2) is 5.14 Å². The van der Waals surface area contributed by atoms with Crippen LogP contribution in [0.5, 0.6) is 0 Å². The summed E-state index contributed by atoms with van der Waals surface area (Å²) in [7, 11) is -3.45. The van der Waals surface area contributed by atoms with Crippen LogP contribution in [0.2, 0.25) is 0 Å². The predicted octanol–water partition coefficient (Wildman–Crippen LogP) is 0.312.